The Kier molecular flexibility index (Phi) is 4.16. The predicted molar refractivity (Wildman–Crippen MR) is 85.4 cm³/mol. The van der Waals surface area contributed by atoms with Crippen molar-refractivity contribution in [3.63, 3.8) is 0 Å². The molecule has 23 heavy (non-hydrogen) atoms. The summed E-state index contributed by atoms with van der Waals surface area (Å²) in [6.07, 6.45) is 3.35. The van der Waals surface area contributed by atoms with Crippen LogP contribution in [-0.4, -0.2) is 52.2 Å². The second-order valence-corrected chi connectivity index (χ2v) is 5.63. The molecule has 0 aromatic carbocycles. The van der Waals surface area contributed by atoms with E-state index < -0.39 is 0 Å². The van der Waals surface area contributed by atoms with Crippen LogP contribution in [-0.2, 0) is 11.3 Å². The van der Waals surface area contributed by atoms with E-state index in [4.69, 9.17) is 4.42 Å². The molecule has 0 unspecified atom stereocenters. The minimum atomic E-state index is -0.236. The number of hydrogen-bond acceptors (Lipinski definition) is 5. The van der Waals surface area contributed by atoms with E-state index in [-0.39, 0.29) is 24.4 Å². The summed E-state index contributed by atoms with van der Waals surface area (Å²) in [7, 11) is 3.89. The zero-order valence-electron chi connectivity index (χ0n) is 13.2. The van der Waals surface area contributed by atoms with Crippen LogP contribution < -0.4 is 10.9 Å². The van der Waals surface area contributed by atoms with Gasteiger partial charge in [-0.2, -0.15) is 5.10 Å². The van der Waals surface area contributed by atoms with Crippen LogP contribution >= 0.6 is 0 Å². The number of nitrogens with one attached hydrogen (secondary N) is 1. The van der Waals surface area contributed by atoms with Crippen LogP contribution in [0.25, 0.3) is 16.6 Å². The van der Waals surface area contributed by atoms with Gasteiger partial charge in [-0.25, -0.2) is 4.68 Å². The van der Waals surface area contributed by atoms with Gasteiger partial charge in [0.1, 0.15) is 11.8 Å². The van der Waals surface area contributed by atoms with Crippen LogP contribution in [0.5, 0.6) is 0 Å². The predicted octanol–water partition coefficient (Wildman–Crippen LogP) is 0.310. The van der Waals surface area contributed by atoms with Gasteiger partial charge in [0.05, 0.1) is 18.3 Å². The number of amides is 1. The van der Waals surface area contributed by atoms with Gasteiger partial charge < -0.3 is 14.6 Å². The number of likely N-dealkylation sites (N-methyl/N-ethyl adjacent to an activating group) is 1. The number of carbonyl (C=O) groups excluding carboxylic acids is 1. The molecule has 0 saturated carbocycles. The molecule has 3 aromatic rings. The van der Waals surface area contributed by atoms with E-state index in [1.165, 1.54) is 4.68 Å². The van der Waals surface area contributed by atoms with Gasteiger partial charge in [-0.1, -0.05) is 0 Å². The van der Waals surface area contributed by atoms with Gasteiger partial charge >= 0.3 is 0 Å². The van der Waals surface area contributed by atoms with E-state index in [1.807, 2.05) is 19.0 Å². The molecular weight excluding hydrogens is 298 g/mol. The Balaban J connectivity index is 1.70. The van der Waals surface area contributed by atoms with Gasteiger partial charge in [-0.3, -0.25) is 14.0 Å². The first-order chi connectivity index (χ1) is 11.1. The first-order valence-electron chi connectivity index (χ1n) is 7.42. The topological polar surface area (TPSA) is 84.8 Å². The molecule has 1 N–H and O–H groups in total. The highest BCUT2D eigenvalue weighted by Gasteiger charge is 2.11. The highest BCUT2D eigenvalue weighted by molar-refractivity contribution is 5.81. The standard InChI is InChI=1S/C15H19N5O3/c1-18(2)7-5-16-14(21)3-6-20-15(22)12-9-13-11(4-8-23-13)19(12)10-17-20/h4,8-10H,3,5-7H2,1-2H3,(H,16,21). The monoisotopic (exact) mass is 317 g/mol. The Hall–Kier alpha value is -2.61. The molecule has 0 aliphatic heterocycles. The van der Waals surface area contributed by atoms with Crippen molar-refractivity contribution < 1.29 is 9.21 Å². The molecule has 0 atom stereocenters. The second kappa shape index (κ2) is 6.25. The molecule has 8 nitrogen and oxygen atoms in total. The Morgan fingerprint density at radius 3 is 3.00 bits per heavy atom. The number of hydrogen-bond donors (Lipinski definition) is 1. The molecule has 0 bridgehead atoms. The molecule has 0 saturated heterocycles. The maximum atomic E-state index is 12.4. The number of rotatable bonds is 6. The van der Waals surface area contributed by atoms with E-state index in [0.29, 0.717) is 17.6 Å². The number of carbonyl (C=O) groups is 1. The number of aromatic nitrogens is 3. The maximum absolute atomic E-state index is 12.4. The smallest absolute Gasteiger partial charge is 0.291 e. The number of fused-ring (bicyclic) bond motifs is 3. The summed E-state index contributed by atoms with van der Waals surface area (Å²) in [4.78, 5) is 26.2. The first kappa shape index (κ1) is 15.3. The summed E-state index contributed by atoms with van der Waals surface area (Å²) < 4.78 is 8.29. The second-order valence-electron chi connectivity index (χ2n) is 5.63. The van der Waals surface area contributed by atoms with Crippen molar-refractivity contribution >= 4 is 22.5 Å². The van der Waals surface area contributed by atoms with Crippen molar-refractivity contribution in [3.8, 4) is 0 Å². The fraction of sp³-hybridized carbons (Fsp3) is 0.400. The third-order valence-corrected chi connectivity index (χ3v) is 3.65. The summed E-state index contributed by atoms with van der Waals surface area (Å²) in [6.45, 7) is 1.61. The van der Waals surface area contributed by atoms with Gasteiger partial charge in [0.15, 0.2) is 5.58 Å². The fourth-order valence-electron chi connectivity index (χ4n) is 2.41. The molecule has 3 heterocycles. The van der Waals surface area contributed by atoms with Gasteiger partial charge in [-0.15, -0.1) is 0 Å². The third-order valence-electron chi connectivity index (χ3n) is 3.65. The highest BCUT2D eigenvalue weighted by atomic mass is 16.3. The van der Waals surface area contributed by atoms with Crippen LogP contribution in [0.3, 0.4) is 0 Å². The van der Waals surface area contributed by atoms with E-state index in [0.717, 1.165) is 12.1 Å². The average Bonchev–Trinajstić information content (AvgIpc) is 3.07. The lowest BCUT2D eigenvalue weighted by molar-refractivity contribution is -0.121. The molecule has 0 aliphatic rings. The molecule has 3 rings (SSSR count). The molecule has 0 spiro atoms. The lowest BCUT2D eigenvalue weighted by atomic mass is 10.4. The third kappa shape index (κ3) is 3.11. The lowest BCUT2D eigenvalue weighted by Gasteiger charge is -2.10. The summed E-state index contributed by atoms with van der Waals surface area (Å²) in [5.74, 6) is -0.0930. The average molecular weight is 317 g/mol. The molecule has 122 valence electrons. The van der Waals surface area contributed by atoms with Crippen LogP contribution in [0, 0.1) is 0 Å². The molecular formula is C15H19N5O3. The highest BCUT2D eigenvalue weighted by Crippen LogP contribution is 2.18. The van der Waals surface area contributed by atoms with Crippen LogP contribution in [0.15, 0.2) is 33.9 Å². The zero-order chi connectivity index (χ0) is 16.4. The van der Waals surface area contributed by atoms with Gasteiger partial charge in [0.25, 0.3) is 5.56 Å². The number of furan rings is 1. The molecule has 8 heteroatoms. The molecule has 3 aromatic heterocycles. The van der Waals surface area contributed by atoms with Crippen LogP contribution in [0.2, 0.25) is 0 Å². The molecule has 0 radical (unpaired) electrons. The summed E-state index contributed by atoms with van der Waals surface area (Å²) >= 11 is 0. The fourth-order valence-corrected chi connectivity index (χ4v) is 2.41. The summed E-state index contributed by atoms with van der Waals surface area (Å²) in [5, 5.41) is 6.94. The number of nitrogens with zero attached hydrogens (tertiary/aromatic N) is 4. The van der Waals surface area contributed by atoms with Crippen LogP contribution in [0.1, 0.15) is 6.42 Å². The molecule has 0 fully saturated rings. The lowest BCUT2D eigenvalue weighted by Crippen LogP contribution is -2.33. The van der Waals surface area contributed by atoms with Crippen molar-refractivity contribution in [2.24, 2.45) is 0 Å². The minimum Gasteiger partial charge on any atom is -0.463 e. The van der Waals surface area contributed by atoms with Gasteiger partial charge in [-0.05, 0) is 14.1 Å². The van der Waals surface area contributed by atoms with E-state index in [1.54, 1.807) is 29.1 Å². The Morgan fingerprint density at radius 1 is 1.39 bits per heavy atom. The van der Waals surface area contributed by atoms with Gasteiger partial charge in [0, 0.05) is 31.6 Å². The van der Waals surface area contributed by atoms with Crippen molar-refractivity contribution in [1.82, 2.24) is 24.4 Å². The maximum Gasteiger partial charge on any atom is 0.291 e. The Morgan fingerprint density at radius 2 is 2.22 bits per heavy atom. The normalized spacial score (nSPS) is 11.6. The Bertz CT molecular complexity index is 889. The van der Waals surface area contributed by atoms with Crippen molar-refractivity contribution in [2.75, 3.05) is 27.2 Å². The van der Waals surface area contributed by atoms with Gasteiger partial charge in [0.2, 0.25) is 5.91 Å². The van der Waals surface area contributed by atoms with E-state index >= 15 is 0 Å². The number of aryl methyl sites for hydroxylation is 1. The summed E-state index contributed by atoms with van der Waals surface area (Å²) in [5.41, 5.74) is 1.70. The van der Waals surface area contributed by atoms with Crippen molar-refractivity contribution in [3.05, 3.63) is 35.1 Å². The molecule has 1 amide bonds. The van der Waals surface area contributed by atoms with Crippen LogP contribution in [0.4, 0.5) is 0 Å². The largest absolute Gasteiger partial charge is 0.463 e. The Labute approximate surface area is 132 Å². The van der Waals surface area contributed by atoms with Crippen molar-refractivity contribution in [1.29, 1.82) is 0 Å². The minimum absolute atomic E-state index is 0.0930. The SMILES string of the molecule is CN(C)CCNC(=O)CCn1ncn2c(cc3occc32)c1=O. The first-order valence-corrected chi connectivity index (χ1v) is 7.42. The zero-order valence-corrected chi connectivity index (χ0v) is 13.2. The molecule has 0 aliphatic carbocycles. The summed E-state index contributed by atoms with van der Waals surface area (Å²) in [6, 6.07) is 3.47. The quantitative estimate of drug-likeness (QED) is 0.707. The van der Waals surface area contributed by atoms with E-state index in [2.05, 4.69) is 10.4 Å². The van der Waals surface area contributed by atoms with Crippen molar-refractivity contribution in [2.45, 2.75) is 13.0 Å². The van der Waals surface area contributed by atoms with E-state index in [9.17, 15) is 9.59 Å².